The minimum atomic E-state index is -0.343. The van der Waals surface area contributed by atoms with Crippen molar-refractivity contribution < 1.29 is 9.13 Å². The van der Waals surface area contributed by atoms with Gasteiger partial charge in [-0.25, -0.2) is 4.39 Å². The molecule has 4 rings (SSSR count). The number of halogens is 2. The molecule has 0 saturated carbocycles. The van der Waals surface area contributed by atoms with E-state index >= 15 is 0 Å². The van der Waals surface area contributed by atoms with Crippen molar-refractivity contribution in [2.45, 2.75) is 19.6 Å². The first-order valence-electron chi connectivity index (χ1n) is 10.8. The fourth-order valence-corrected chi connectivity index (χ4v) is 4.16. The van der Waals surface area contributed by atoms with Crippen LogP contribution in [0.2, 0.25) is 5.02 Å². The average molecular weight is 494 g/mol. The number of anilines is 1. The molecule has 0 amide bonds. The predicted octanol–water partition coefficient (Wildman–Crippen LogP) is 6.74. The van der Waals surface area contributed by atoms with Crippen LogP contribution in [-0.4, -0.2) is 21.7 Å². The second-order valence-electron chi connectivity index (χ2n) is 7.87. The SMILES string of the molecule is COc1cccc(NC(=S)N(Cc2ccccc2)Cc2cccn2Cc2ccc(F)cc2Cl)c1. The van der Waals surface area contributed by atoms with Crippen molar-refractivity contribution >= 4 is 34.6 Å². The summed E-state index contributed by atoms with van der Waals surface area (Å²) in [5.41, 5.74) is 3.92. The second-order valence-corrected chi connectivity index (χ2v) is 8.66. The summed E-state index contributed by atoms with van der Waals surface area (Å²) in [5, 5.41) is 4.35. The fourth-order valence-electron chi connectivity index (χ4n) is 3.68. The number of nitrogens with one attached hydrogen (secondary N) is 1. The molecule has 3 aromatic carbocycles. The molecule has 1 N–H and O–H groups in total. The molecule has 174 valence electrons. The third-order valence-electron chi connectivity index (χ3n) is 5.46. The summed E-state index contributed by atoms with van der Waals surface area (Å²) >= 11 is 12.1. The number of aromatic nitrogens is 1. The summed E-state index contributed by atoms with van der Waals surface area (Å²) in [7, 11) is 1.64. The monoisotopic (exact) mass is 493 g/mol. The topological polar surface area (TPSA) is 29.4 Å². The van der Waals surface area contributed by atoms with E-state index in [9.17, 15) is 4.39 Å². The fraction of sp³-hybridized carbons (Fsp3) is 0.148. The van der Waals surface area contributed by atoms with E-state index in [1.165, 1.54) is 12.1 Å². The molecule has 7 heteroatoms. The third kappa shape index (κ3) is 6.16. The van der Waals surface area contributed by atoms with Crippen LogP contribution >= 0.6 is 23.8 Å². The Morgan fingerprint density at radius 2 is 1.82 bits per heavy atom. The Kier molecular flexibility index (Phi) is 7.83. The van der Waals surface area contributed by atoms with E-state index in [2.05, 4.69) is 33.0 Å². The Labute approximate surface area is 209 Å². The zero-order valence-corrected chi connectivity index (χ0v) is 20.3. The summed E-state index contributed by atoms with van der Waals surface area (Å²) in [6.07, 6.45) is 1.99. The van der Waals surface area contributed by atoms with Crippen molar-refractivity contribution in [2.75, 3.05) is 12.4 Å². The highest BCUT2D eigenvalue weighted by molar-refractivity contribution is 7.80. The van der Waals surface area contributed by atoms with Gasteiger partial charge in [-0.2, -0.15) is 0 Å². The lowest BCUT2D eigenvalue weighted by atomic mass is 10.2. The Bertz CT molecular complexity index is 1260. The first kappa shape index (κ1) is 23.8. The van der Waals surface area contributed by atoms with Gasteiger partial charge in [0.25, 0.3) is 0 Å². The largest absolute Gasteiger partial charge is 0.497 e. The standard InChI is InChI=1S/C27H25ClFN3OS/c1-33-25-11-5-9-23(16-25)30-27(34)32(17-20-7-3-2-4-8-20)19-24-10-6-14-31(24)18-21-12-13-22(29)15-26(21)28/h2-16H,17-19H2,1H3,(H,30,34). The van der Waals surface area contributed by atoms with Crippen molar-refractivity contribution in [2.24, 2.45) is 0 Å². The zero-order chi connectivity index (χ0) is 23.9. The lowest BCUT2D eigenvalue weighted by molar-refractivity contribution is 0.399. The number of hydrogen-bond acceptors (Lipinski definition) is 2. The normalized spacial score (nSPS) is 10.7. The lowest BCUT2D eigenvalue weighted by Crippen LogP contribution is -2.34. The molecule has 0 atom stereocenters. The molecule has 0 aliphatic carbocycles. The van der Waals surface area contributed by atoms with Gasteiger partial charge in [-0.15, -0.1) is 0 Å². The number of nitrogens with zero attached hydrogens (tertiary/aromatic N) is 2. The number of methoxy groups -OCH3 is 1. The van der Waals surface area contributed by atoms with E-state index in [4.69, 9.17) is 28.6 Å². The maximum atomic E-state index is 13.5. The third-order valence-corrected chi connectivity index (χ3v) is 6.17. The van der Waals surface area contributed by atoms with E-state index in [1.807, 2.05) is 54.7 Å². The van der Waals surface area contributed by atoms with Gasteiger partial charge in [-0.1, -0.05) is 54.1 Å². The molecule has 0 spiro atoms. The molecular weight excluding hydrogens is 469 g/mol. The predicted molar refractivity (Wildman–Crippen MR) is 140 cm³/mol. The van der Waals surface area contributed by atoms with Crippen molar-refractivity contribution in [3.05, 3.63) is 119 Å². The summed E-state index contributed by atoms with van der Waals surface area (Å²) in [6, 6.07) is 26.4. The van der Waals surface area contributed by atoms with Crippen LogP contribution in [-0.2, 0) is 19.6 Å². The molecule has 0 aliphatic rings. The minimum Gasteiger partial charge on any atom is -0.497 e. The van der Waals surface area contributed by atoms with Crippen LogP contribution in [0.25, 0.3) is 0 Å². The first-order valence-corrected chi connectivity index (χ1v) is 11.6. The van der Waals surface area contributed by atoms with Crippen molar-refractivity contribution in [1.29, 1.82) is 0 Å². The van der Waals surface area contributed by atoms with Crippen LogP contribution in [0.4, 0.5) is 10.1 Å². The van der Waals surface area contributed by atoms with Gasteiger partial charge < -0.3 is 19.5 Å². The summed E-state index contributed by atoms with van der Waals surface area (Å²) in [5.74, 6) is 0.414. The highest BCUT2D eigenvalue weighted by Crippen LogP contribution is 2.21. The molecule has 0 saturated heterocycles. The Morgan fingerprint density at radius 1 is 1.00 bits per heavy atom. The molecule has 0 bridgehead atoms. The second kappa shape index (κ2) is 11.2. The zero-order valence-electron chi connectivity index (χ0n) is 18.7. The number of benzene rings is 3. The minimum absolute atomic E-state index is 0.343. The summed E-state index contributed by atoms with van der Waals surface area (Å²) in [4.78, 5) is 2.11. The van der Waals surface area contributed by atoms with Crippen LogP contribution in [0.5, 0.6) is 5.75 Å². The highest BCUT2D eigenvalue weighted by Gasteiger charge is 2.15. The highest BCUT2D eigenvalue weighted by atomic mass is 35.5. The van der Waals surface area contributed by atoms with Crippen molar-refractivity contribution in [3.8, 4) is 5.75 Å². The molecule has 0 aliphatic heterocycles. The van der Waals surface area contributed by atoms with Gasteiger partial charge in [0.05, 0.1) is 13.7 Å². The first-order chi connectivity index (χ1) is 16.5. The van der Waals surface area contributed by atoms with E-state index in [0.717, 1.165) is 28.3 Å². The number of rotatable bonds is 8. The average Bonchev–Trinajstić information content (AvgIpc) is 3.27. The van der Waals surface area contributed by atoms with E-state index in [-0.39, 0.29) is 5.82 Å². The molecule has 4 aromatic rings. The molecule has 4 nitrogen and oxygen atoms in total. The smallest absolute Gasteiger partial charge is 0.174 e. The van der Waals surface area contributed by atoms with E-state index in [1.54, 1.807) is 13.2 Å². The van der Waals surface area contributed by atoms with Gasteiger partial charge in [0, 0.05) is 41.8 Å². The van der Waals surface area contributed by atoms with Gasteiger partial charge in [0.15, 0.2) is 5.11 Å². The Balaban J connectivity index is 1.56. The lowest BCUT2D eigenvalue weighted by Gasteiger charge is -2.27. The Hall–Kier alpha value is -3.35. The van der Waals surface area contributed by atoms with E-state index < -0.39 is 0 Å². The van der Waals surface area contributed by atoms with Crippen LogP contribution in [0.15, 0.2) is 91.1 Å². The van der Waals surface area contributed by atoms with Gasteiger partial charge >= 0.3 is 0 Å². The molecule has 0 fully saturated rings. The quantitative estimate of drug-likeness (QED) is 0.275. The number of ether oxygens (including phenoxy) is 1. The van der Waals surface area contributed by atoms with Gasteiger partial charge in [-0.3, -0.25) is 0 Å². The molecule has 34 heavy (non-hydrogen) atoms. The molecular formula is C27H25ClFN3OS. The van der Waals surface area contributed by atoms with Crippen LogP contribution in [0, 0.1) is 5.82 Å². The van der Waals surface area contributed by atoms with E-state index in [0.29, 0.717) is 29.8 Å². The maximum Gasteiger partial charge on any atom is 0.174 e. The number of thiocarbonyl (C=S) groups is 1. The molecule has 0 unspecified atom stereocenters. The van der Waals surface area contributed by atoms with Gasteiger partial charge in [0.2, 0.25) is 0 Å². The number of hydrogen-bond donors (Lipinski definition) is 1. The molecule has 1 heterocycles. The van der Waals surface area contributed by atoms with Crippen molar-refractivity contribution in [1.82, 2.24) is 9.47 Å². The summed E-state index contributed by atoms with van der Waals surface area (Å²) in [6.45, 7) is 1.76. The Morgan fingerprint density at radius 3 is 2.59 bits per heavy atom. The van der Waals surface area contributed by atoms with Crippen molar-refractivity contribution in [3.63, 3.8) is 0 Å². The van der Waals surface area contributed by atoms with Gasteiger partial charge in [-0.05, 0) is 59.7 Å². The van der Waals surface area contributed by atoms with Crippen LogP contribution < -0.4 is 10.1 Å². The van der Waals surface area contributed by atoms with Crippen LogP contribution in [0.3, 0.4) is 0 Å². The van der Waals surface area contributed by atoms with Gasteiger partial charge in [0.1, 0.15) is 11.6 Å². The van der Waals surface area contributed by atoms with Crippen LogP contribution in [0.1, 0.15) is 16.8 Å². The maximum absolute atomic E-state index is 13.5. The molecule has 1 aromatic heterocycles. The summed E-state index contributed by atoms with van der Waals surface area (Å²) < 4.78 is 20.9. The molecule has 0 radical (unpaired) electrons.